The van der Waals surface area contributed by atoms with Crippen molar-refractivity contribution in [2.75, 3.05) is 4.90 Å². The number of hydrogen-bond acceptors (Lipinski definition) is 5. The number of nitrogens with zero attached hydrogens (tertiary/aromatic N) is 1. The summed E-state index contributed by atoms with van der Waals surface area (Å²) in [6, 6.07) is 20.5. The Balaban J connectivity index is 1.43. The molecule has 2 amide bonds. The van der Waals surface area contributed by atoms with Crippen molar-refractivity contribution < 1.29 is 23.9 Å². The van der Waals surface area contributed by atoms with Crippen LogP contribution in [0.4, 0.5) is 5.69 Å². The minimum absolute atomic E-state index is 0.153. The van der Waals surface area contributed by atoms with Crippen molar-refractivity contribution in [3.05, 3.63) is 113 Å². The highest BCUT2D eigenvalue weighted by Gasteiger charge is 2.47. The maximum Gasteiger partial charge on any atom is 0.339 e. The molecular weight excluding hydrogens is 466 g/mol. The van der Waals surface area contributed by atoms with Gasteiger partial charge >= 0.3 is 5.97 Å². The van der Waals surface area contributed by atoms with E-state index in [2.05, 4.69) is 0 Å². The molecular formula is C31H27NO5. The lowest BCUT2D eigenvalue weighted by molar-refractivity contribution is -0.122. The summed E-state index contributed by atoms with van der Waals surface area (Å²) in [5.41, 5.74) is 3.51. The minimum Gasteiger partial charge on any atom is -0.445 e. The van der Waals surface area contributed by atoms with Crippen LogP contribution < -0.4 is 4.90 Å². The Bertz CT molecular complexity index is 1400. The molecule has 0 radical (unpaired) electrons. The molecule has 3 aromatic carbocycles. The van der Waals surface area contributed by atoms with Gasteiger partial charge in [0.15, 0.2) is 6.10 Å². The van der Waals surface area contributed by atoms with Crippen molar-refractivity contribution in [1.82, 2.24) is 0 Å². The summed E-state index contributed by atoms with van der Waals surface area (Å²) in [6.45, 7) is 3.89. The Hall–Kier alpha value is -4.32. The molecule has 1 fully saturated rings. The monoisotopic (exact) mass is 493 g/mol. The molecule has 0 bridgehead atoms. The quantitative estimate of drug-likeness (QED) is 0.195. The fourth-order valence-electron chi connectivity index (χ4n) is 4.95. The van der Waals surface area contributed by atoms with Gasteiger partial charge in [-0.05, 0) is 62.1 Å². The maximum atomic E-state index is 13.5. The molecule has 2 aliphatic rings. The number of Topliss-reactive ketones (excluding diaryl/α,β-unsaturated/α-hetero) is 1. The number of fused-ring (bicyclic) bond motifs is 1. The molecule has 37 heavy (non-hydrogen) atoms. The van der Waals surface area contributed by atoms with E-state index in [1.165, 1.54) is 11.0 Å². The fourth-order valence-corrected chi connectivity index (χ4v) is 4.95. The molecule has 6 nitrogen and oxygen atoms in total. The molecule has 1 aliphatic heterocycles. The Morgan fingerprint density at radius 3 is 2.11 bits per heavy atom. The van der Waals surface area contributed by atoms with Gasteiger partial charge in [-0.3, -0.25) is 19.3 Å². The first kappa shape index (κ1) is 24.4. The standard InChI is InChI=1S/C31H27NO5/c1-19-15-16-22(17-20(19)2)27(33)28(21-9-4-3-5-10-21)37-31(36)23-11-8-12-24(18-23)32-29(34)25-13-6-7-14-26(25)30(32)35/h3-12,15-18,25-26,28H,13-14H2,1-2H3/t25-,26-,28+/m0/s1. The summed E-state index contributed by atoms with van der Waals surface area (Å²) in [4.78, 5) is 54.0. The van der Waals surface area contributed by atoms with Crippen molar-refractivity contribution >= 4 is 29.3 Å². The van der Waals surface area contributed by atoms with Crippen LogP contribution in [0.1, 0.15) is 56.4 Å². The number of amides is 2. The molecule has 1 heterocycles. The zero-order chi connectivity index (χ0) is 26.1. The predicted molar refractivity (Wildman–Crippen MR) is 139 cm³/mol. The van der Waals surface area contributed by atoms with Gasteiger partial charge in [-0.1, -0.05) is 60.7 Å². The van der Waals surface area contributed by atoms with Crippen molar-refractivity contribution in [1.29, 1.82) is 0 Å². The second-order valence-corrected chi connectivity index (χ2v) is 9.58. The predicted octanol–water partition coefficient (Wildman–Crippen LogP) is 5.54. The van der Waals surface area contributed by atoms with Crippen LogP contribution in [-0.2, 0) is 14.3 Å². The number of ether oxygens (including phenoxy) is 1. The third-order valence-electron chi connectivity index (χ3n) is 7.20. The van der Waals surface area contributed by atoms with Crippen molar-refractivity contribution in [3.63, 3.8) is 0 Å². The summed E-state index contributed by atoms with van der Waals surface area (Å²) in [5.74, 6) is -2.29. The first-order chi connectivity index (χ1) is 17.8. The van der Waals surface area contributed by atoms with Crippen LogP contribution in [0, 0.1) is 25.7 Å². The van der Waals surface area contributed by atoms with Gasteiger partial charge in [0.2, 0.25) is 17.6 Å². The van der Waals surface area contributed by atoms with E-state index in [1.807, 2.05) is 38.1 Å². The Kier molecular flexibility index (Phi) is 6.57. The van der Waals surface area contributed by atoms with E-state index in [0.29, 0.717) is 29.7 Å². The normalized spacial score (nSPS) is 19.5. The maximum absolute atomic E-state index is 13.5. The summed E-state index contributed by atoms with van der Waals surface area (Å²) in [7, 11) is 0. The molecule has 1 saturated heterocycles. The molecule has 0 N–H and O–H groups in total. The van der Waals surface area contributed by atoms with Crippen molar-refractivity contribution in [2.24, 2.45) is 11.8 Å². The number of esters is 1. The molecule has 0 spiro atoms. The number of aryl methyl sites for hydroxylation is 2. The van der Waals surface area contributed by atoms with Gasteiger partial charge in [0.25, 0.3) is 0 Å². The summed E-state index contributed by atoms with van der Waals surface area (Å²) < 4.78 is 5.79. The largest absolute Gasteiger partial charge is 0.445 e. The molecule has 0 aromatic heterocycles. The van der Waals surface area contributed by atoms with E-state index in [0.717, 1.165) is 11.1 Å². The van der Waals surface area contributed by atoms with Crippen molar-refractivity contribution in [3.8, 4) is 0 Å². The number of benzene rings is 3. The Morgan fingerprint density at radius 2 is 1.46 bits per heavy atom. The molecule has 3 atom stereocenters. The highest BCUT2D eigenvalue weighted by Crippen LogP contribution is 2.38. The van der Waals surface area contributed by atoms with Crippen LogP contribution in [0.3, 0.4) is 0 Å². The summed E-state index contributed by atoms with van der Waals surface area (Å²) in [5, 5.41) is 0. The number of rotatable bonds is 6. The first-order valence-electron chi connectivity index (χ1n) is 12.4. The zero-order valence-corrected chi connectivity index (χ0v) is 20.7. The van der Waals surface area contributed by atoms with Gasteiger partial charge in [-0.25, -0.2) is 4.79 Å². The second-order valence-electron chi connectivity index (χ2n) is 9.58. The highest BCUT2D eigenvalue weighted by atomic mass is 16.5. The van der Waals surface area contributed by atoms with E-state index in [-0.39, 0.29) is 35.0 Å². The molecule has 186 valence electrons. The Labute approximate surface area is 215 Å². The third kappa shape index (κ3) is 4.62. The topological polar surface area (TPSA) is 80.8 Å². The van der Waals surface area contributed by atoms with Crippen LogP contribution in [0.15, 0.2) is 84.9 Å². The van der Waals surface area contributed by atoms with Gasteiger partial charge in [0.1, 0.15) is 0 Å². The van der Waals surface area contributed by atoms with E-state index < -0.39 is 12.1 Å². The van der Waals surface area contributed by atoms with Gasteiger partial charge < -0.3 is 4.74 Å². The van der Waals surface area contributed by atoms with Crippen LogP contribution in [0.25, 0.3) is 0 Å². The molecule has 0 unspecified atom stereocenters. The van der Waals surface area contributed by atoms with Crippen LogP contribution in [0.2, 0.25) is 0 Å². The van der Waals surface area contributed by atoms with Crippen LogP contribution in [0.5, 0.6) is 0 Å². The molecule has 0 saturated carbocycles. The van der Waals surface area contributed by atoms with E-state index >= 15 is 0 Å². The molecule has 6 heteroatoms. The number of carbonyl (C=O) groups excluding carboxylic acids is 4. The van der Waals surface area contributed by atoms with Gasteiger partial charge in [0, 0.05) is 11.1 Å². The lowest BCUT2D eigenvalue weighted by atomic mass is 9.85. The Morgan fingerprint density at radius 1 is 0.784 bits per heavy atom. The average molecular weight is 494 g/mol. The number of ketones is 1. The number of hydrogen-bond donors (Lipinski definition) is 0. The molecule has 1 aliphatic carbocycles. The smallest absolute Gasteiger partial charge is 0.339 e. The number of anilines is 1. The van der Waals surface area contributed by atoms with E-state index in [4.69, 9.17) is 4.74 Å². The third-order valence-corrected chi connectivity index (χ3v) is 7.20. The number of imide groups is 1. The highest BCUT2D eigenvalue weighted by molar-refractivity contribution is 6.22. The lowest BCUT2D eigenvalue weighted by Crippen LogP contribution is -2.31. The van der Waals surface area contributed by atoms with E-state index in [9.17, 15) is 19.2 Å². The van der Waals surface area contributed by atoms with Crippen LogP contribution >= 0.6 is 0 Å². The van der Waals surface area contributed by atoms with Crippen molar-refractivity contribution in [2.45, 2.75) is 32.8 Å². The first-order valence-corrected chi connectivity index (χ1v) is 12.4. The van der Waals surface area contributed by atoms with Gasteiger partial charge in [-0.2, -0.15) is 0 Å². The SMILES string of the molecule is Cc1ccc(C(=O)[C@H](OC(=O)c2cccc(N3C(=O)[C@H]4CC=CC[C@@H]4C3=O)c2)c2ccccc2)cc1C. The summed E-state index contributed by atoms with van der Waals surface area (Å²) >= 11 is 0. The van der Waals surface area contributed by atoms with Gasteiger partial charge in [0.05, 0.1) is 23.1 Å². The van der Waals surface area contributed by atoms with Crippen LogP contribution in [-0.4, -0.2) is 23.6 Å². The number of allylic oxidation sites excluding steroid dienone is 2. The fraction of sp³-hybridized carbons (Fsp3) is 0.226. The summed E-state index contributed by atoms with van der Waals surface area (Å²) in [6.07, 6.45) is 3.78. The van der Waals surface area contributed by atoms with Gasteiger partial charge in [-0.15, -0.1) is 0 Å². The molecule has 5 rings (SSSR count). The van der Waals surface area contributed by atoms with E-state index in [1.54, 1.807) is 54.6 Å². The lowest BCUT2D eigenvalue weighted by Gasteiger charge is -2.19. The minimum atomic E-state index is -1.15. The second kappa shape index (κ2) is 9.97. The number of carbonyl (C=O) groups is 4. The average Bonchev–Trinajstić information content (AvgIpc) is 3.18. The molecule has 3 aromatic rings. The zero-order valence-electron chi connectivity index (χ0n) is 20.7.